The fraction of sp³-hybridized carbons (Fsp3) is 0.385. The highest BCUT2D eigenvalue weighted by atomic mass is 16.3. The van der Waals surface area contributed by atoms with E-state index >= 15 is 0 Å². The summed E-state index contributed by atoms with van der Waals surface area (Å²) >= 11 is 0. The van der Waals surface area contributed by atoms with Crippen molar-refractivity contribution in [2.45, 2.75) is 32.4 Å². The van der Waals surface area contributed by atoms with Crippen LogP contribution in [0.25, 0.3) is 0 Å². The van der Waals surface area contributed by atoms with Crippen LogP contribution in [0.2, 0.25) is 0 Å². The molecule has 4 nitrogen and oxygen atoms in total. The molecule has 0 aromatic carbocycles. The van der Waals surface area contributed by atoms with E-state index < -0.39 is 6.10 Å². The Morgan fingerprint density at radius 3 is 2.82 bits per heavy atom. The van der Waals surface area contributed by atoms with Crippen molar-refractivity contribution in [3.05, 3.63) is 48.3 Å². The average Bonchev–Trinajstić information content (AvgIpc) is 2.77. The molecule has 4 heteroatoms. The molecular weight excluding hydrogens is 214 g/mol. The molecule has 1 N–H and O–H groups in total. The Labute approximate surface area is 101 Å². The number of nitrogens with zero attached hydrogens (tertiary/aromatic N) is 3. The van der Waals surface area contributed by atoms with E-state index in [0.717, 1.165) is 18.1 Å². The summed E-state index contributed by atoms with van der Waals surface area (Å²) in [7, 11) is 0. The van der Waals surface area contributed by atoms with Crippen LogP contribution in [0.4, 0.5) is 0 Å². The maximum atomic E-state index is 10.0. The smallest absolute Gasteiger partial charge is 0.111 e. The van der Waals surface area contributed by atoms with Crippen LogP contribution in [0.3, 0.4) is 0 Å². The normalized spacial score (nSPS) is 12.6. The molecule has 2 aromatic rings. The number of imidazole rings is 1. The van der Waals surface area contributed by atoms with Gasteiger partial charge < -0.3 is 9.67 Å². The lowest BCUT2D eigenvalue weighted by Gasteiger charge is -2.10. The summed E-state index contributed by atoms with van der Waals surface area (Å²) in [6, 6.07) is 5.73. The van der Waals surface area contributed by atoms with E-state index in [1.165, 1.54) is 0 Å². The Hall–Kier alpha value is -1.68. The van der Waals surface area contributed by atoms with Gasteiger partial charge in [0, 0.05) is 43.7 Å². The molecular formula is C13H17N3O. The first kappa shape index (κ1) is 11.8. The van der Waals surface area contributed by atoms with E-state index in [2.05, 4.69) is 16.9 Å². The number of pyridine rings is 1. The number of aliphatic hydroxyl groups excluding tert-OH is 1. The van der Waals surface area contributed by atoms with Gasteiger partial charge in [-0.2, -0.15) is 0 Å². The predicted octanol–water partition coefficient (Wildman–Crippen LogP) is 1.44. The lowest BCUT2D eigenvalue weighted by Crippen LogP contribution is -2.17. The minimum Gasteiger partial charge on any atom is -0.392 e. The summed E-state index contributed by atoms with van der Waals surface area (Å²) in [4.78, 5) is 8.45. The van der Waals surface area contributed by atoms with Gasteiger partial charge in [0.15, 0.2) is 0 Å². The SMILES string of the molecule is CCn1ccnc1CC(O)Cc1ccccn1. The third-order valence-electron chi connectivity index (χ3n) is 2.73. The van der Waals surface area contributed by atoms with E-state index in [1.807, 2.05) is 29.0 Å². The highest BCUT2D eigenvalue weighted by molar-refractivity contribution is 5.05. The van der Waals surface area contributed by atoms with Crippen LogP contribution < -0.4 is 0 Å². The van der Waals surface area contributed by atoms with Crippen molar-refractivity contribution in [3.8, 4) is 0 Å². The molecule has 2 rings (SSSR count). The van der Waals surface area contributed by atoms with Crippen molar-refractivity contribution < 1.29 is 5.11 Å². The number of hydrogen-bond donors (Lipinski definition) is 1. The Morgan fingerprint density at radius 2 is 2.12 bits per heavy atom. The molecule has 0 bridgehead atoms. The number of aromatic nitrogens is 3. The predicted molar refractivity (Wildman–Crippen MR) is 65.6 cm³/mol. The zero-order chi connectivity index (χ0) is 12.1. The van der Waals surface area contributed by atoms with Gasteiger partial charge in [-0.1, -0.05) is 6.07 Å². The van der Waals surface area contributed by atoms with Gasteiger partial charge in [0.05, 0.1) is 6.10 Å². The van der Waals surface area contributed by atoms with E-state index in [1.54, 1.807) is 12.4 Å². The molecule has 0 aliphatic rings. The lowest BCUT2D eigenvalue weighted by atomic mass is 10.1. The summed E-state index contributed by atoms with van der Waals surface area (Å²) in [6.07, 6.45) is 6.15. The fourth-order valence-corrected chi connectivity index (χ4v) is 1.86. The molecule has 0 spiro atoms. The molecule has 0 fully saturated rings. The maximum Gasteiger partial charge on any atom is 0.111 e. The molecule has 0 saturated carbocycles. The Bertz CT molecular complexity index is 453. The first-order chi connectivity index (χ1) is 8.29. The molecule has 17 heavy (non-hydrogen) atoms. The van der Waals surface area contributed by atoms with Crippen molar-refractivity contribution in [2.75, 3.05) is 0 Å². The summed E-state index contributed by atoms with van der Waals surface area (Å²) in [5, 5.41) is 10.0. The summed E-state index contributed by atoms with van der Waals surface area (Å²) in [5.74, 6) is 0.927. The van der Waals surface area contributed by atoms with E-state index in [-0.39, 0.29) is 0 Å². The molecule has 90 valence electrons. The quantitative estimate of drug-likeness (QED) is 0.847. The van der Waals surface area contributed by atoms with Crippen LogP contribution in [0.5, 0.6) is 0 Å². The zero-order valence-electron chi connectivity index (χ0n) is 9.95. The van der Waals surface area contributed by atoms with Crippen molar-refractivity contribution in [3.63, 3.8) is 0 Å². The van der Waals surface area contributed by atoms with Gasteiger partial charge in [-0.05, 0) is 19.1 Å². The van der Waals surface area contributed by atoms with Crippen molar-refractivity contribution in [1.29, 1.82) is 0 Å². The average molecular weight is 231 g/mol. The first-order valence-corrected chi connectivity index (χ1v) is 5.87. The summed E-state index contributed by atoms with van der Waals surface area (Å²) < 4.78 is 2.04. The highest BCUT2D eigenvalue weighted by Crippen LogP contribution is 2.06. The lowest BCUT2D eigenvalue weighted by molar-refractivity contribution is 0.170. The van der Waals surface area contributed by atoms with Crippen molar-refractivity contribution in [2.24, 2.45) is 0 Å². The minimum atomic E-state index is -0.433. The molecule has 2 heterocycles. The molecule has 2 aromatic heterocycles. The highest BCUT2D eigenvalue weighted by Gasteiger charge is 2.10. The van der Waals surface area contributed by atoms with Gasteiger partial charge in [0.25, 0.3) is 0 Å². The van der Waals surface area contributed by atoms with Crippen LogP contribution >= 0.6 is 0 Å². The topological polar surface area (TPSA) is 50.9 Å². The summed E-state index contributed by atoms with van der Waals surface area (Å²) in [6.45, 7) is 2.95. The van der Waals surface area contributed by atoms with Crippen molar-refractivity contribution in [1.82, 2.24) is 14.5 Å². The minimum absolute atomic E-state index is 0.433. The number of rotatable bonds is 5. The molecule has 1 atom stereocenters. The van der Waals surface area contributed by atoms with E-state index in [0.29, 0.717) is 12.8 Å². The van der Waals surface area contributed by atoms with Gasteiger partial charge in [0.2, 0.25) is 0 Å². The summed E-state index contributed by atoms with van der Waals surface area (Å²) in [5.41, 5.74) is 0.912. The van der Waals surface area contributed by atoms with Gasteiger partial charge in [-0.25, -0.2) is 4.98 Å². The number of hydrogen-bond acceptors (Lipinski definition) is 3. The number of aryl methyl sites for hydroxylation is 1. The third-order valence-corrected chi connectivity index (χ3v) is 2.73. The van der Waals surface area contributed by atoms with Crippen molar-refractivity contribution >= 4 is 0 Å². The molecule has 0 aliphatic carbocycles. The molecule has 0 aliphatic heterocycles. The second kappa shape index (κ2) is 5.59. The molecule has 0 amide bonds. The molecule has 1 unspecified atom stereocenters. The molecule has 0 radical (unpaired) electrons. The maximum absolute atomic E-state index is 10.0. The molecule has 0 saturated heterocycles. The van der Waals surface area contributed by atoms with E-state index in [4.69, 9.17) is 0 Å². The van der Waals surface area contributed by atoms with Gasteiger partial charge >= 0.3 is 0 Å². The second-order valence-corrected chi connectivity index (χ2v) is 4.01. The van der Waals surface area contributed by atoms with Crippen LogP contribution in [-0.2, 0) is 19.4 Å². The van der Waals surface area contributed by atoms with Crippen LogP contribution in [0.1, 0.15) is 18.4 Å². The Kier molecular flexibility index (Phi) is 3.88. The van der Waals surface area contributed by atoms with Crippen LogP contribution in [0, 0.1) is 0 Å². The van der Waals surface area contributed by atoms with Crippen LogP contribution in [0.15, 0.2) is 36.8 Å². The van der Waals surface area contributed by atoms with Gasteiger partial charge in [-0.3, -0.25) is 4.98 Å². The third kappa shape index (κ3) is 3.14. The number of aliphatic hydroxyl groups is 1. The van der Waals surface area contributed by atoms with Crippen LogP contribution in [-0.4, -0.2) is 25.7 Å². The van der Waals surface area contributed by atoms with Gasteiger partial charge in [0.1, 0.15) is 5.82 Å². The largest absolute Gasteiger partial charge is 0.392 e. The second-order valence-electron chi connectivity index (χ2n) is 4.01. The fourth-order valence-electron chi connectivity index (χ4n) is 1.86. The first-order valence-electron chi connectivity index (χ1n) is 5.87. The Balaban J connectivity index is 1.96. The Morgan fingerprint density at radius 1 is 1.24 bits per heavy atom. The monoisotopic (exact) mass is 231 g/mol. The zero-order valence-corrected chi connectivity index (χ0v) is 9.95. The van der Waals surface area contributed by atoms with E-state index in [9.17, 15) is 5.11 Å². The standard InChI is InChI=1S/C13H17N3O/c1-2-16-8-7-15-13(16)10-12(17)9-11-5-3-4-6-14-11/h3-8,12,17H,2,9-10H2,1H3. The van der Waals surface area contributed by atoms with Gasteiger partial charge in [-0.15, -0.1) is 0 Å².